The molecule has 1 aliphatic carbocycles. The third kappa shape index (κ3) is 2.97. The minimum atomic E-state index is 0.708. The van der Waals surface area contributed by atoms with Crippen LogP contribution in [0.3, 0.4) is 0 Å². The minimum absolute atomic E-state index is 0.708. The fourth-order valence-electron chi connectivity index (χ4n) is 1.58. The Morgan fingerprint density at radius 3 is 2.93 bits per heavy atom. The smallest absolute Gasteiger partial charge is 0.101 e. The molecule has 2 rings (SSSR count). The molecule has 0 bridgehead atoms. The molecule has 0 radical (unpaired) electrons. The molecule has 1 N–H and O–H groups in total. The first kappa shape index (κ1) is 10.5. The second-order valence-corrected chi connectivity index (χ2v) is 4.88. The SMILES string of the molecule is N#Cc1cc(Br)ccc1NCCC1CC1. The third-order valence-corrected chi connectivity index (χ3v) is 3.16. The van der Waals surface area contributed by atoms with Crippen LogP contribution in [0.2, 0.25) is 0 Å². The van der Waals surface area contributed by atoms with E-state index in [-0.39, 0.29) is 0 Å². The summed E-state index contributed by atoms with van der Waals surface area (Å²) < 4.78 is 0.951. The molecule has 1 fully saturated rings. The number of hydrogen-bond donors (Lipinski definition) is 1. The largest absolute Gasteiger partial charge is 0.384 e. The van der Waals surface area contributed by atoms with Gasteiger partial charge in [-0.25, -0.2) is 0 Å². The molecule has 1 saturated carbocycles. The summed E-state index contributed by atoms with van der Waals surface area (Å²) in [5.41, 5.74) is 1.65. The summed E-state index contributed by atoms with van der Waals surface area (Å²) in [6, 6.07) is 7.96. The van der Waals surface area contributed by atoms with Gasteiger partial charge in [0.25, 0.3) is 0 Å². The molecule has 1 aliphatic rings. The van der Waals surface area contributed by atoms with E-state index in [1.807, 2.05) is 18.2 Å². The predicted molar refractivity (Wildman–Crippen MR) is 64.7 cm³/mol. The number of nitrogens with one attached hydrogen (secondary N) is 1. The lowest BCUT2D eigenvalue weighted by Crippen LogP contribution is -2.03. The van der Waals surface area contributed by atoms with Crippen LogP contribution in [-0.4, -0.2) is 6.54 Å². The molecule has 0 spiro atoms. The highest BCUT2D eigenvalue weighted by Crippen LogP contribution is 2.32. The van der Waals surface area contributed by atoms with Crippen LogP contribution in [0.25, 0.3) is 0 Å². The molecule has 15 heavy (non-hydrogen) atoms. The van der Waals surface area contributed by atoms with Gasteiger partial charge >= 0.3 is 0 Å². The number of rotatable bonds is 4. The van der Waals surface area contributed by atoms with E-state index >= 15 is 0 Å². The van der Waals surface area contributed by atoms with Crippen molar-refractivity contribution in [3.63, 3.8) is 0 Å². The van der Waals surface area contributed by atoms with E-state index in [9.17, 15) is 0 Å². The molecule has 0 heterocycles. The summed E-state index contributed by atoms with van der Waals surface area (Å²) in [5, 5.41) is 12.3. The third-order valence-electron chi connectivity index (χ3n) is 2.67. The van der Waals surface area contributed by atoms with Crippen LogP contribution in [0.5, 0.6) is 0 Å². The Morgan fingerprint density at radius 2 is 2.27 bits per heavy atom. The van der Waals surface area contributed by atoms with E-state index in [0.717, 1.165) is 22.6 Å². The summed E-state index contributed by atoms with van der Waals surface area (Å²) >= 11 is 3.36. The van der Waals surface area contributed by atoms with Crippen LogP contribution in [0.15, 0.2) is 22.7 Å². The zero-order chi connectivity index (χ0) is 10.7. The van der Waals surface area contributed by atoms with E-state index < -0.39 is 0 Å². The Kier molecular flexibility index (Phi) is 3.27. The van der Waals surface area contributed by atoms with Crippen molar-refractivity contribution in [2.75, 3.05) is 11.9 Å². The zero-order valence-corrected chi connectivity index (χ0v) is 10.0. The first-order valence-corrected chi connectivity index (χ1v) is 6.02. The first-order valence-electron chi connectivity index (χ1n) is 5.23. The Hall–Kier alpha value is -1.01. The van der Waals surface area contributed by atoms with Crippen molar-refractivity contribution in [2.45, 2.75) is 19.3 Å². The average Bonchev–Trinajstić information content (AvgIpc) is 3.04. The molecule has 0 aromatic heterocycles. The summed E-state index contributed by atoms with van der Waals surface area (Å²) in [5.74, 6) is 0.929. The Balaban J connectivity index is 1.96. The van der Waals surface area contributed by atoms with E-state index in [1.54, 1.807) is 0 Å². The maximum absolute atomic E-state index is 8.95. The number of halogens is 1. The topological polar surface area (TPSA) is 35.8 Å². The maximum Gasteiger partial charge on any atom is 0.101 e. The molecule has 0 aliphatic heterocycles. The highest BCUT2D eigenvalue weighted by molar-refractivity contribution is 9.10. The Morgan fingerprint density at radius 1 is 1.47 bits per heavy atom. The summed E-state index contributed by atoms with van der Waals surface area (Å²) in [6.45, 7) is 0.973. The van der Waals surface area contributed by atoms with Gasteiger partial charge in [0.05, 0.1) is 11.3 Å². The van der Waals surface area contributed by atoms with E-state index in [1.165, 1.54) is 19.3 Å². The molecule has 0 unspecified atom stereocenters. The molecule has 78 valence electrons. The zero-order valence-electron chi connectivity index (χ0n) is 8.46. The van der Waals surface area contributed by atoms with Crippen LogP contribution in [0, 0.1) is 17.2 Å². The quantitative estimate of drug-likeness (QED) is 0.903. The molecule has 0 amide bonds. The molecule has 1 aromatic rings. The number of hydrogen-bond acceptors (Lipinski definition) is 2. The van der Waals surface area contributed by atoms with Gasteiger partial charge in [-0.15, -0.1) is 0 Å². The predicted octanol–water partition coefficient (Wildman–Crippen LogP) is 3.53. The molecule has 2 nitrogen and oxygen atoms in total. The van der Waals surface area contributed by atoms with Gasteiger partial charge in [-0.3, -0.25) is 0 Å². The lowest BCUT2D eigenvalue weighted by molar-refractivity contribution is 0.760. The summed E-state index contributed by atoms with van der Waals surface area (Å²) in [7, 11) is 0. The number of nitriles is 1. The molecule has 0 saturated heterocycles. The van der Waals surface area contributed by atoms with Crippen molar-refractivity contribution < 1.29 is 0 Å². The normalized spacial score (nSPS) is 14.7. The van der Waals surface area contributed by atoms with E-state index in [2.05, 4.69) is 27.3 Å². The average molecular weight is 265 g/mol. The van der Waals surface area contributed by atoms with Gasteiger partial charge in [0, 0.05) is 11.0 Å². The van der Waals surface area contributed by atoms with Crippen LogP contribution >= 0.6 is 15.9 Å². The van der Waals surface area contributed by atoms with Crippen molar-refractivity contribution in [1.29, 1.82) is 5.26 Å². The van der Waals surface area contributed by atoms with Crippen LogP contribution in [0.1, 0.15) is 24.8 Å². The summed E-state index contributed by atoms with van der Waals surface area (Å²) in [6.07, 6.45) is 3.99. The van der Waals surface area contributed by atoms with Crippen LogP contribution < -0.4 is 5.32 Å². The lowest BCUT2D eigenvalue weighted by atomic mass is 10.2. The molecule has 1 aromatic carbocycles. The minimum Gasteiger partial charge on any atom is -0.384 e. The number of nitrogens with zero attached hydrogens (tertiary/aromatic N) is 1. The monoisotopic (exact) mass is 264 g/mol. The van der Waals surface area contributed by atoms with Gasteiger partial charge in [0.1, 0.15) is 6.07 Å². The molecule has 0 atom stereocenters. The molecular weight excluding hydrogens is 252 g/mol. The van der Waals surface area contributed by atoms with Crippen molar-refractivity contribution in [3.8, 4) is 6.07 Å². The fraction of sp³-hybridized carbons (Fsp3) is 0.417. The highest BCUT2D eigenvalue weighted by Gasteiger charge is 2.20. The van der Waals surface area contributed by atoms with Crippen molar-refractivity contribution in [2.24, 2.45) is 5.92 Å². The Labute approximate surface area is 98.4 Å². The number of anilines is 1. The first-order chi connectivity index (χ1) is 7.29. The van der Waals surface area contributed by atoms with Crippen molar-refractivity contribution in [3.05, 3.63) is 28.2 Å². The van der Waals surface area contributed by atoms with Crippen molar-refractivity contribution in [1.82, 2.24) is 0 Å². The van der Waals surface area contributed by atoms with Crippen molar-refractivity contribution >= 4 is 21.6 Å². The van der Waals surface area contributed by atoms with Crippen LogP contribution in [0.4, 0.5) is 5.69 Å². The van der Waals surface area contributed by atoms with Crippen LogP contribution in [-0.2, 0) is 0 Å². The molecular formula is C12H13BrN2. The van der Waals surface area contributed by atoms with Gasteiger partial charge in [-0.2, -0.15) is 5.26 Å². The Bertz CT molecular complexity index is 391. The van der Waals surface area contributed by atoms with Gasteiger partial charge in [0.15, 0.2) is 0 Å². The maximum atomic E-state index is 8.95. The van der Waals surface area contributed by atoms with Gasteiger partial charge in [-0.1, -0.05) is 28.8 Å². The summed E-state index contributed by atoms with van der Waals surface area (Å²) in [4.78, 5) is 0. The second-order valence-electron chi connectivity index (χ2n) is 3.96. The standard InChI is InChI=1S/C12H13BrN2/c13-11-3-4-12(10(7-11)8-14)15-6-5-9-1-2-9/h3-4,7,9,15H,1-2,5-6H2. The fourth-order valence-corrected chi connectivity index (χ4v) is 1.94. The van der Waals surface area contributed by atoms with E-state index in [4.69, 9.17) is 5.26 Å². The number of benzene rings is 1. The van der Waals surface area contributed by atoms with E-state index in [0.29, 0.717) is 5.56 Å². The molecule has 3 heteroatoms. The van der Waals surface area contributed by atoms with Gasteiger partial charge in [0.2, 0.25) is 0 Å². The highest BCUT2D eigenvalue weighted by atomic mass is 79.9. The van der Waals surface area contributed by atoms with Gasteiger partial charge in [-0.05, 0) is 30.5 Å². The van der Waals surface area contributed by atoms with Gasteiger partial charge < -0.3 is 5.32 Å². The second kappa shape index (κ2) is 4.67. The lowest BCUT2D eigenvalue weighted by Gasteiger charge is -2.07.